The highest BCUT2D eigenvalue weighted by molar-refractivity contribution is 6.90. The van der Waals surface area contributed by atoms with E-state index in [-0.39, 0.29) is 0 Å². The maximum Gasteiger partial charge on any atom is 0.0834 e. The lowest BCUT2D eigenvalue weighted by atomic mass is 10.1. The minimum absolute atomic E-state index is 0.796. The van der Waals surface area contributed by atoms with Gasteiger partial charge in [0.2, 0.25) is 0 Å². The average Bonchev–Trinajstić information content (AvgIpc) is 2.45. The largest absolute Gasteiger partial charge is 0.0834 e. The monoisotopic (exact) mass is 282 g/mol. The lowest BCUT2D eigenvalue weighted by molar-refractivity contribution is 0.770. The van der Waals surface area contributed by atoms with Crippen LogP contribution in [0, 0.1) is 6.92 Å². The van der Waals surface area contributed by atoms with Crippen LogP contribution in [0.25, 0.3) is 0 Å². The van der Waals surface area contributed by atoms with E-state index in [1.54, 1.807) is 5.19 Å². The zero-order valence-electron chi connectivity index (χ0n) is 13.2. The Balaban J connectivity index is 2.05. The Morgan fingerprint density at radius 3 is 2.30 bits per heavy atom. The van der Waals surface area contributed by atoms with Crippen molar-refractivity contribution >= 4 is 13.3 Å². The van der Waals surface area contributed by atoms with Crippen molar-refractivity contribution in [3.8, 4) is 0 Å². The smallest absolute Gasteiger partial charge is 0.0652 e. The summed E-state index contributed by atoms with van der Waals surface area (Å²) < 4.78 is 0. The maximum absolute atomic E-state index is 2.51. The Bertz CT molecular complexity index is 543. The van der Waals surface area contributed by atoms with Gasteiger partial charge in [-0.15, -0.1) is 0 Å². The molecule has 2 rings (SSSR count). The quantitative estimate of drug-likeness (QED) is 0.682. The average molecular weight is 283 g/mol. The summed E-state index contributed by atoms with van der Waals surface area (Å²) in [5, 5.41) is 1.60. The third kappa shape index (κ3) is 3.60. The van der Waals surface area contributed by atoms with Crippen molar-refractivity contribution in [2.75, 3.05) is 0 Å². The summed E-state index contributed by atoms with van der Waals surface area (Å²) in [6.45, 7) is 9.66. The van der Waals surface area contributed by atoms with Gasteiger partial charge in [-0.25, -0.2) is 0 Å². The predicted molar refractivity (Wildman–Crippen MR) is 92.5 cm³/mol. The second kappa shape index (κ2) is 6.40. The predicted octanol–water partition coefficient (Wildman–Crippen LogP) is 4.93. The summed E-state index contributed by atoms with van der Waals surface area (Å²) in [7, 11) is -1.37. The molecular formula is C19H26Si. The molecule has 0 aromatic heterocycles. The second-order valence-corrected chi connectivity index (χ2v) is 11.5. The van der Waals surface area contributed by atoms with Gasteiger partial charge in [0.1, 0.15) is 0 Å². The van der Waals surface area contributed by atoms with Crippen LogP contribution in [-0.4, -0.2) is 8.07 Å². The molecule has 0 amide bonds. The third-order valence-electron chi connectivity index (χ3n) is 4.70. The van der Waals surface area contributed by atoms with E-state index in [1.165, 1.54) is 24.0 Å². The van der Waals surface area contributed by atoms with Crippen LogP contribution in [-0.2, 0) is 6.42 Å². The molecule has 0 N–H and O–H groups in total. The molecule has 0 bridgehead atoms. The molecule has 0 heterocycles. The topological polar surface area (TPSA) is 0 Å². The molecule has 0 aliphatic rings. The van der Waals surface area contributed by atoms with Crippen LogP contribution in [0.2, 0.25) is 18.6 Å². The van der Waals surface area contributed by atoms with Crippen molar-refractivity contribution < 1.29 is 0 Å². The van der Waals surface area contributed by atoms with Crippen LogP contribution in [0.15, 0.2) is 54.6 Å². The summed E-state index contributed by atoms with van der Waals surface area (Å²) >= 11 is 0. The fraction of sp³-hybridized carbons (Fsp3) is 0.368. The van der Waals surface area contributed by atoms with Crippen molar-refractivity contribution in [3.05, 3.63) is 65.7 Å². The van der Waals surface area contributed by atoms with Gasteiger partial charge in [0.15, 0.2) is 0 Å². The lowest BCUT2D eigenvalue weighted by Gasteiger charge is -2.30. The van der Waals surface area contributed by atoms with E-state index >= 15 is 0 Å². The molecule has 20 heavy (non-hydrogen) atoms. The zero-order valence-corrected chi connectivity index (χ0v) is 14.2. The molecule has 106 valence electrons. The molecule has 0 fully saturated rings. The van der Waals surface area contributed by atoms with Gasteiger partial charge in [-0.1, -0.05) is 85.4 Å². The van der Waals surface area contributed by atoms with Gasteiger partial charge in [-0.05, 0) is 30.9 Å². The van der Waals surface area contributed by atoms with Gasteiger partial charge in [0, 0.05) is 0 Å². The Morgan fingerprint density at radius 1 is 0.950 bits per heavy atom. The fourth-order valence-corrected chi connectivity index (χ4v) is 5.28. The van der Waals surface area contributed by atoms with Crippen LogP contribution >= 0.6 is 0 Å². The van der Waals surface area contributed by atoms with E-state index in [0.29, 0.717) is 0 Å². The summed E-state index contributed by atoms with van der Waals surface area (Å²) in [4.78, 5) is 0. The summed E-state index contributed by atoms with van der Waals surface area (Å²) in [5.41, 5.74) is 3.65. The summed E-state index contributed by atoms with van der Waals surface area (Å²) in [5.74, 6) is 0. The summed E-state index contributed by atoms with van der Waals surface area (Å²) in [6, 6.07) is 20.0. The van der Waals surface area contributed by atoms with Crippen molar-refractivity contribution in [2.24, 2.45) is 0 Å². The van der Waals surface area contributed by atoms with Crippen LogP contribution in [0.1, 0.15) is 24.5 Å². The van der Waals surface area contributed by atoms with Crippen LogP contribution in [0.3, 0.4) is 0 Å². The van der Waals surface area contributed by atoms with Crippen LogP contribution in [0.4, 0.5) is 0 Å². The minimum Gasteiger partial charge on any atom is -0.0652 e. The van der Waals surface area contributed by atoms with Crippen LogP contribution < -0.4 is 5.19 Å². The Morgan fingerprint density at radius 2 is 1.65 bits per heavy atom. The number of rotatable bonds is 5. The summed E-state index contributed by atoms with van der Waals surface area (Å²) in [6.07, 6.45) is 2.49. The molecule has 2 aromatic carbocycles. The van der Waals surface area contributed by atoms with E-state index in [0.717, 1.165) is 5.54 Å². The van der Waals surface area contributed by atoms with Gasteiger partial charge < -0.3 is 0 Å². The van der Waals surface area contributed by atoms with Gasteiger partial charge in [0.25, 0.3) is 0 Å². The first-order chi connectivity index (χ1) is 9.50. The Labute approximate surface area is 124 Å². The molecule has 0 aliphatic heterocycles. The fourth-order valence-electron chi connectivity index (χ4n) is 2.72. The normalized spacial score (nSPS) is 13.2. The van der Waals surface area contributed by atoms with Gasteiger partial charge in [-0.2, -0.15) is 0 Å². The van der Waals surface area contributed by atoms with E-state index in [9.17, 15) is 0 Å². The first-order valence-electron chi connectivity index (χ1n) is 7.61. The molecular weight excluding hydrogens is 256 g/mol. The van der Waals surface area contributed by atoms with Crippen LogP contribution in [0.5, 0.6) is 0 Å². The lowest BCUT2D eigenvalue weighted by Crippen LogP contribution is -2.45. The molecule has 1 heteroatoms. The molecule has 0 aliphatic carbocycles. The minimum atomic E-state index is -1.37. The van der Waals surface area contributed by atoms with E-state index in [2.05, 4.69) is 81.5 Å². The molecule has 0 nitrogen and oxygen atoms in total. The molecule has 0 radical (unpaired) electrons. The van der Waals surface area contributed by atoms with Crippen molar-refractivity contribution in [1.82, 2.24) is 0 Å². The maximum atomic E-state index is 2.51. The zero-order chi connectivity index (χ0) is 14.6. The number of hydrogen-bond donors (Lipinski definition) is 0. The number of aryl methyl sites for hydroxylation is 2. The molecule has 1 unspecified atom stereocenters. The van der Waals surface area contributed by atoms with Gasteiger partial charge in [0.05, 0.1) is 8.07 Å². The molecule has 2 aromatic rings. The highest BCUT2D eigenvalue weighted by Gasteiger charge is 2.30. The van der Waals surface area contributed by atoms with Gasteiger partial charge in [-0.3, -0.25) is 0 Å². The molecule has 0 spiro atoms. The number of hydrogen-bond acceptors (Lipinski definition) is 0. The molecule has 0 saturated heterocycles. The standard InChI is InChI=1S/C19H26Si/c1-16-9-8-12-19(15-16)20(3,4)17(2)13-14-18-10-6-5-7-11-18/h5-12,15,17H,13-14H2,1-4H3. The first-order valence-corrected chi connectivity index (χ1v) is 10.7. The van der Waals surface area contributed by atoms with E-state index < -0.39 is 8.07 Å². The van der Waals surface area contributed by atoms with Crippen molar-refractivity contribution in [3.63, 3.8) is 0 Å². The first kappa shape index (κ1) is 15.1. The van der Waals surface area contributed by atoms with E-state index in [1.807, 2.05) is 0 Å². The third-order valence-corrected chi connectivity index (χ3v) is 9.25. The molecule has 0 saturated carbocycles. The Hall–Kier alpha value is -1.34. The van der Waals surface area contributed by atoms with Crippen molar-refractivity contribution in [2.45, 2.75) is 45.3 Å². The number of benzene rings is 2. The Kier molecular flexibility index (Phi) is 4.82. The second-order valence-electron chi connectivity index (χ2n) is 6.52. The molecule has 1 atom stereocenters. The van der Waals surface area contributed by atoms with E-state index in [4.69, 9.17) is 0 Å². The van der Waals surface area contributed by atoms with Crippen molar-refractivity contribution in [1.29, 1.82) is 0 Å². The highest BCUT2D eigenvalue weighted by Crippen LogP contribution is 2.26. The highest BCUT2D eigenvalue weighted by atomic mass is 28.3. The van der Waals surface area contributed by atoms with Gasteiger partial charge >= 0.3 is 0 Å². The SMILES string of the molecule is Cc1cccc([Si](C)(C)C(C)CCc2ccccc2)c1.